The Morgan fingerprint density at radius 2 is 1.73 bits per heavy atom. The van der Waals surface area contributed by atoms with E-state index in [0.717, 1.165) is 28.9 Å². The average molecular weight is 445 g/mol. The number of benzene rings is 2. The summed E-state index contributed by atoms with van der Waals surface area (Å²) in [6, 6.07) is 3.34. The highest BCUT2D eigenvalue weighted by Crippen LogP contribution is 2.27. The molecular formula is C19H19F4N3O3S. The van der Waals surface area contributed by atoms with Crippen molar-refractivity contribution in [1.82, 2.24) is 4.31 Å². The van der Waals surface area contributed by atoms with Crippen molar-refractivity contribution in [3.8, 4) is 0 Å². The van der Waals surface area contributed by atoms with Crippen LogP contribution in [0.25, 0.3) is 0 Å². The quantitative estimate of drug-likeness (QED) is 0.547. The molecule has 1 aliphatic heterocycles. The van der Waals surface area contributed by atoms with Gasteiger partial charge in [0.2, 0.25) is 10.0 Å². The molecular weight excluding hydrogens is 426 g/mol. The first-order valence-electron chi connectivity index (χ1n) is 9.12. The second-order valence-corrected chi connectivity index (χ2v) is 8.71. The smallest absolute Gasteiger partial charge is 0.255 e. The molecule has 0 radical (unpaired) electrons. The second-order valence-electron chi connectivity index (χ2n) is 6.85. The molecule has 2 aromatic rings. The number of hydrogen-bond donors (Lipinski definition) is 2. The third kappa shape index (κ3) is 4.32. The highest BCUT2D eigenvalue weighted by atomic mass is 32.2. The maximum atomic E-state index is 14.4. The Labute approximate surface area is 170 Å². The Hall–Kier alpha value is -2.50. The Bertz CT molecular complexity index is 1060. The molecule has 0 spiro atoms. The monoisotopic (exact) mass is 445 g/mol. The van der Waals surface area contributed by atoms with Crippen molar-refractivity contribution >= 4 is 21.6 Å². The van der Waals surface area contributed by atoms with E-state index >= 15 is 0 Å². The van der Waals surface area contributed by atoms with E-state index in [9.17, 15) is 30.8 Å². The minimum absolute atomic E-state index is 0.0721. The van der Waals surface area contributed by atoms with Gasteiger partial charge in [0.15, 0.2) is 17.5 Å². The van der Waals surface area contributed by atoms with E-state index in [2.05, 4.69) is 5.32 Å². The summed E-state index contributed by atoms with van der Waals surface area (Å²) >= 11 is 0. The van der Waals surface area contributed by atoms with Crippen molar-refractivity contribution in [1.29, 1.82) is 0 Å². The summed E-state index contributed by atoms with van der Waals surface area (Å²) < 4.78 is 81.2. The van der Waals surface area contributed by atoms with Crippen LogP contribution in [-0.4, -0.2) is 37.8 Å². The van der Waals surface area contributed by atoms with Gasteiger partial charge in [-0.3, -0.25) is 4.79 Å². The number of nitrogens with zero attached hydrogens (tertiary/aromatic N) is 1. The van der Waals surface area contributed by atoms with Crippen molar-refractivity contribution in [2.45, 2.75) is 30.2 Å². The Morgan fingerprint density at radius 1 is 1.07 bits per heavy atom. The minimum Gasteiger partial charge on any atom is -0.329 e. The number of piperidine rings is 1. The summed E-state index contributed by atoms with van der Waals surface area (Å²) in [4.78, 5) is 11.7. The first-order valence-corrected chi connectivity index (χ1v) is 10.6. The fourth-order valence-corrected chi connectivity index (χ4v) is 5.12. The predicted molar refractivity (Wildman–Crippen MR) is 101 cm³/mol. The van der Waals surface area contributed by atoms with Gasteiger partial charge in [0.25, 0.3) is 5.91 Å². The summed E-state index contributed by atoms with van der Waals surface area (Å²) in [5.74, 6) is -6.71. The van der Waals surface area contributed by atoms with E-state index in [0.29, 0.717) is 25.0 Å². The summed E-state index contributed by atoms with van der Waals surface area (Å²) in [5.41, 5.74) is 5.01. The third-order valence-electron chi connectivity index (χ3n) is 4.87. The molecule has 11 heteroatoms. The second kappa shape index (κ2) is 8.70. The average Bonchev–Trinajstić information content (AvgIpc) is 2.72. The maximum absolute atomic E-state index is 14.4. The van der Waals surface area contributed by atoms with Crippen LogP contribution < -0.4 is 11.1 Å². The molecule has 0 aromatic heterocycles. The van der Waals surface area contributed by atoms with Crippen molar-refractivity contribution < 1.29 is 30.8 Å². The molecule has 1 amide bonds. The maximum Gasteiger partial charge on any atom is 0.255 e. The molecule has 1 aliphatic rings. The number of nitrogens with two attached hydrogens (primary N) is 1. The van der Waals surface area contributed by atoms with Crippen LogP contribution in [0.4, 0.5) is 23.2 Å². The summed E-state index contributed by atoms with van der Waals surface area (Å²) in [7, 11) is -4.27. The van der Waals surface area contributed by atoms with E-state index in [1.807, 2.05) is 0 Å². The molecule has 6 nitrogen and oxygen atoms in total. The first kappa shape index (κ1) is 22.2. The molecule has 0 bridgehead atoms. The van der Waals surface area contributed by atoms with Crippen molar-refractivity contribution in [2.24, 2.45) is 5.73 Å². The summed E-state index contributed by atoms with van der Waals surface area (Å²) in [5, 5.41) is 2.13. The fraction of sp³-hybridized carbons (Fsp3) is 0.316. The number of hydrogen-bond acceptors (Lipinski definition) is 4. The Morgan fingerprint density at radius 3 is 2.37 bits per heavy atom. The molecule has 1 atom stereocenters. The lowest BCUT2D eigenvalue weighted by Gasteiger charge is -2.34. The number of carbonyl (C=O) groups excluding carboxylic acids is 1. The third-order valence-corrected chi connectivity index (χ3v) is 6.83. The van der Waals surface area contributed by atoms with Crippen LogP contribution >= 0.6 is 0 Å². The summed E-state index contributed by atoms with van der Waals surface area (Å²) in [6.45, 7) is 0.247. The highest BCUT2D eigenvalue weighted by Gasteiger charge is 2.35. The van der Waals surface area contributed by atoms with Crippen molar-refractivity contribution in [2.75, 3.05) is 18.4 Å². The van der Waals surface area contributed by atoms with Gasteiger partial charge in [-0.1, -0.05) is 6.42 Å². The molecule has 3 N–H and O–H groups in total. The van der Waals surface area contributed by atoms with Crippen LogP contribution in [0.5, 0.6) is 0 Å². The van der Waals surface area contributed by atoms with Crippen molar-refractivity contribution in [3.05, 3.63) is 59.2 Å². The van der Waals surface area contributed by atoms with Crippen LogP contribution in [0.3, 0.4) is 0 Å². The number of amides is 1. The zero-order chi connectivity index (χ0) is 22.1. The van der Waals surface area contributed by atoms with Gasteiger partial charge in [-0.05, 0) is 31.0 Å². The molecule has 0 saturated carbocycles. The number of halogens is 4. The van der Waals surface area contributed by atoms with Gasteiger partial charge in [-0.15, -0.1) is 0 Å². The van der Waals surface area contributed by atoms with E-state index in [-0.39, 0.29) is 24.3 Å². The zero-order valence-electron chi connectivity index (χ0n) is 15.7. The molecule has 1 heterocycles. The predicted octanol–water partition coefficient (Wildman–Crippen LogP) is 3.00. The van der Waals surface area contributed by atoms with Crippen LogP contribution in [0.15, 0.2) is 35.2 Å². The number of sulfonamides is 1. The van der Waals surface area contributed by atoms with Crippen LogP contribution in [-0.2, 0) is 10.0 Å². The lowest BCUT2D eigenvalue weighted by atomic mass is 10.1. The lowest BCUT2D eigenvalue weighted by molar-refractivity contribution is 0.102. The molecule has 2 aromatic carbocycles. The van der Waals surface area contributed by atoms with Crippen molar-refractivity contribution in [3.63, 3.8) is 0 Å². The molecule has 3 rings (SSSR count). The SMILES string of the molecule is NC[C@@H]1CCCCN1S(=O)(=O)c1cc(C(=O)Nc2cc(F)c(F)c(F)c2)ccc1F. The largest absolute Gasteiger partial charge is 0.329 e. The molecule has 30 heavy (non-hydrogen) atoms. The molecule has 1 fully saturated rings. The van der Waals surface area contributed by atoms with E-state index < -0.39 is 50.1 Å². The van der Waals surface area contributed by atoms with Gasteiger partial charge in [-0.25, -0.2) is 26.0 Å². The van der Waals surface area contributed by atoms with Gasteiger partial charge in [0, 0.05) is 42.5 Å². The van der Waals surface area contributed by atoms with E-state index in [4.69, 9.17) is 5.73 Å². The van der Waals surface area contributed by atoms with E-state index in [1.165, 1.54) is 0 Å². The first-order chi connectivity index (χ1) is 14.1. The van der Waals surface area contributed by atoms with Crippen LogP contribution in [0, 0.1) is 23.3 Å². The Balaban J connectivity index is 1.92. The molecule has 0 unspecified atom stereocenters. The van der Waals surface area contributed by atoms with Gasteiger partial charge < -0.3 is 11.1 Å². The number of carbonyl (C=O) groups is 1. The molecule has 0 aliphatic carbocycles. The fourth-order valence-electron chi connectivity index (χ4n) is 3.33. The van der Waals surface area contributed by atoms with Gasteiger partial charge in [0.1, 0.15) is 10.7 Å². The lowest BCUT2D eigenvalue weighted by Crippen LogP contribution is -2.47. The van der Waals surface area contributed by atoms with Gasteiger partial charge in [0.05, 0.1) is 0 Å². The Kier molecular flexibility index (Phi) is 6.44. The van der Waals surface area contributed by atoms with Crippen LogP contribution in [0.1, 0.15) is 29.6 Å². The standard InChI is InChI=1S/C19H19F4N3O3S/c20-14-5-4-11(19(27)25-12-8-15(21)18(23)16(22)9-12)7-17(14)30(28,29)26-6-2-1-3-13(26)10-24/h4-5,7-9,13H,1-3,6,10,24H2,(H,25,27)/t13-/m0/s1. The van der Waals surface area contributed by atoms with Gasteiger partial charge >= 0.3 is 0 Å². The highest BCUT2D eigenvalue weighted by molar-refractivity contribution is 7.89. The zero-order valence-corrected chi connectivity index (χ0v) is 16.5. The van der Waals surface area contributed by atoms with Crippen LogP contribution in [0.2, 0.25) is 0 Å². The number of rotatable bonds is 5. The number of nitrogens with one attached hydrogen (secondary N) is 1. The number of anilines is 1. The summed E-state index contributed by atoms with van der Waals surface area (Å²) in [6.07, 6.45) is 1.93. The normalized spacial score (nSPS) is 17.7. The molecule has 162 valence electrons. The topological polar surface area (TPSA) is 92.5 Å². The minimum atomic E-state index is -4.27. The molecule has 1 saturated heterocycles. The van der Waals surface area contributed by atoms with E-state index in [1.54, 1.807) is 0 Å². The van der Waals surface area contributed by atoms with Gasteiger partial charge in [-0.2, -0.15) is 4.31 Å².